The number of rotatable bonds is 7. The number of nitrogens with zero attached hydrogens (tertiary/aromatic N) is 1. The number of aromatic nitrogens is 1. The zero-order chi connectivity index (χ0) is 14.9. The van der Waals surface area contributed by atoms with E-state index in [-0.39, 0.29) is 12.5 Å². The van der Waals surface area contributed by atoms with Crippen LogP contribution in [0.1, 0.15) is 12.6 Å². The number of carbonyl (C=O) groups excluding carboxylic acids is 1. The molecule has 2 rings (SSSR count). The van der Waals surface area contributed by atoms with Crippen molar-refractivity contribution >= 4 is 17.8 Å². The van der Waals surface area contributed by atoms with Crippen molar-refractivity contribution in [1.82, 2.24) is 10.4 Å². The van der Waals surface area contributed by atoms with Crippen LogP contribution in [0.15, 0.2) is 47.7 Å². The van der Waals surface area contributed by atoms with E-state index in [1.54, 1.807) is 12.4 Å². The molecule has 1 heterocycles. The van der Waals surface area contributed by atoms with Gasteiger partial charge in [0.25, 0.3) is 5.91 Å². The number of nitrogens with one attached hydrogen (secondary N) is 3. The number of amides is 1. The van der Waals surface area contributed by atoms with Gasteiger partial charge < -0.3 is 15.0 Å². The number of hydrazone groups is 1. The van der Waals surface area contributed by atoms with Gasteiger partial charge in [0.2, 0.25) is 0 Å². The van der Waals surface area contributed by atoms with Gasteiger partial charge in [0.1, 0.15) is 5.75 Å². The van der Waals surface area contributed by atoms with Gasteiger partial charge in [0, 0.05) is 11.9 Å². The van der Waals surface area contributed by atoms with E-state index in [0.717, 1.165) is 17.1 Å². The van der Waals surface area contributed by atoms with Crippen LogP contribution in [0, 0.1) is 0 Å². The fraction of sp³-hybridized carbons (Fsp3) is 0.200. The maximum absolute atomic E-state index is 11.6. The lowest BCUT2D eigenvalue weighted by Gasteiger charge is -2.07. The highest BCUT2D eigenvalue weighted by atomic mass is 16.5. The van der Waals surface area contributed by atoms with Crippen molar-refractivity contribution in [2.24, 2.45) is 5.10 Å². The molecule has 0 fully saturated rings. The summed E-state index contributed by atoms with van der Waals surface area (Å²) in [6, 6.07) is 11.1. The fourth-order valence-corrected chi connectivity index (χ4v) is 1.66. The van der Waals surface area contributed by atoms with Gasteiger partial charge in [-0.2, -0.15) is 5.10 Å². The molecule has 0 saturated carbocycles. The predicted octanol–water partition coefficient (Wildman–Crippen LogP) is 1.98. The molecule has 0 spiro atoms. The number of H-pyrrole nitrogens is 1. The predicted molar refractivity (Wildman–Crippen MR) is 82.6 cm³/mol. The monoisotopic (exact) mass is 286 g/mol. The summed E-state index contributed by atoms with van der Waals surface area (Å²) >= 11 is 0. The third-order valence-electron chi connectivity index (χ3n) is 2.63. The Balaban J connectivity index is 1.73. The summed E-state index contributed by atoms with van der Waals surface area (Å²) in [4.78, 5) is 14.5. The standard InChI is InChI=1S/C15H18N4O2/c1-2-21-14-7-5-12(6-8-14)17-11-15(20)19-18-10-13-4-3-9-16-13/h3-10,16-17H,2,11H2,1H3,(H,19,20)/b18-10-. The molecule has 0 unspecified atom stereocenters. The van der Waals surface area contributed by atoms with Gasteiger partial charge in [-0.15, -0.1) is 0 Å². The van der Waals surface area contributed by atoms with Gasteiger partial charge in [0.05, 0.1) is 25.1 Å². The van der Waals surface area contributed by atoms with Gasteiger partial charge >= 0.3 is 0 Å². The molecule has 0 bridgehead atoms. The number of hydrogen-bond acceptors (Lipinski definition) is 4. The summed E-state index contributed by atoms with van der Waals surface area (Å²) in [6.45, 7) is 2.72. The average molecular weight is 286 g/mol. The molecule has 6 heteroatoms. The zero-order valence-corrected chi connectivity index (χ0v) is 11.8. The maximum atomic E-state index is 11.6. The molecule has 2 aromatic rings. The quantitative estimate of drug-likeness (QED) is 0.538. The molecule has 21 heavy (non-hydrogen) atoms. The van der Waals surface area contributed by atoms with Gasteiger partial charge in [-0.1, -0.05) is 0 Å². The van der Waals surface area contributed by atoms with Crippen LogP contribution in [0.3, 0.4) is 0 Å². The SMILES string of the molecule is CCOc1ccc(NCC(=O)N/N=C\c2ccc[nH]2)cc1. The Morgan fingerprint density at radius 2 is 2.14 bits per heavy atom. The maximum Gasteiger partial charge on any atom is 0.259 e. The second-order valence-corrected chi connectivity index (χ2v) is 4.23. The minimum Gasteiger partial charge on any atom is -0.494 e. The van der Waals surface area contributed by atoms with Crippen molar-refractivity contribution in [1.29, 1.82) is 0 Å². The molecule has 0 radical (unpaired) electrons. The van der Waals surface area contributed by atoms with Gasteiger partial charge in [0.15, 0.2) is 0 Å². The Hall–Kier alpha value is -2.76. The normalized spacial score (nSPS) is 10.5. The summed E-state index contributed by atoms with van der Waals surface area (Å²) in [5, 5.41) is 6.86. The first-order chi connectivity index (χ1) is 10.3. The van der Waals surface area contributed by atoms with Crippen LogP contribution < -0.4 is 15.5 Å². The largest absolute Gasteiger partial charge is 0.494 e. The number of carbonyl (C=O) groups is 1. The topological polar surface area (TPSA) is 78.5 Å². The first-order valence-corrected chi connectivity index (χ1v) is 6.70. The minimum atomic E-state index is -0.216. The van der Waals surface area contributed by atoms with Crippen LogP contribution in [-0.4, -0.2) is 30.3 Å². The highest BCUT2D eigenvalue weighted by Gasteiger charge is 2.00. The van der Waals surface area contributed by atoms with Crippen LogP contribution in [-0.2, 0) is 4.79 Å². The molecule has 6 nitrogen and oxygen atoms in total. The Kier molecular flexibility index (Phi) is 5.40. The van der Waals surface area contributed by atoms with Crippen LogP contribution in [0.5, 0.6) is 5.75 Å². The molecular weight excluding hydrogens is 268 g/mol. The fourth-order valence-electron chi connectivity index (χ4n) is 1.66. The summed E-state index contributed by atoms with van der Waals surface area (Å²) in [5.41, 5.74) is 4.12. The van der Waals surface area contributed by atoms with E-state index < -0.39 is 0 Å². The lowest BCUT2D eigenvalue weighted by atomic mass is 10.3. The molecule has 0 aliphatic carbocycles. The van der Waals surface area contributed by atoms with E-state index in [4.69, 9.17) is 4.74 Å². The van der Waals surface area contributed by atoms with Gasteiger partial charge in [-0.3, -0.25) is 4.79 Å². The molecule has 0 saturated heterocycles. The zero-order valence-electron chi connectivity index (χ0n) is 11.8. The first-order valence-electron chi connectivity index (χ1n) is 6.70. The van der Waals surface area contributed by atoms with Crippen LogP contribution >= 0.6 is 0 Å². The molecule has 1 aromatic heterocycles. The number of ether oxygens (including phenoxy) is 1. The molecule has 3 N–H and O–H groups in total. The third kappa shape index (κ3) is 5.02. The van der Waals surface area contributed by atoms with E-state index in [2.05, 4.69) is 20.8 Å². The van der Waals surface area contributed by atoms with Crippen LogP contribution in [0.25, 0.3) is 0 Å². The van der Waals surface area contributed by atoms with Gasteiger partial charge in [-0.25, -0.2) is 5.43 Å². The third-order valence-corrected chi connectivity index (χ3v) is 2.63. The number of benzene rings is 1. The van der Waals surface area contributed by atoms with Crippen molar-refractivity contribution in [2.75, 3.05) is 18.5 Å². The van der Waals surface area contributed by atoms with Crippen LogP contribution in [0.4, 0.5) is 5.69 Å². The minimum absolute atomic E-state index is 0.149. The molecule has 1 aromatic carbocycles. The van der Waals surface area contributed by atoms with Crippen LogP contribution in [0.2, 0.25) is 0 Å². The lowest BCUT2D eigenvalue weighted by molar-refractivity contribution is -0.119. The molecule has 0 aliphatic rings. The van der Waals surface area contributed by atoms with E-state index >= 15 is 0 Å². The van der Waals surface area contributed by atoms with Crippen molar-refractivity contribution < 1.29 is 9.53 Å². The van der Waals surface area contributed by atoms with Crippen molar-refractivity contribution in [3.63, 3.8) is 0 Å². The van der Waals surface area contributed by atoms with E-state index in [9.17, 15) is 4.79 Å². The average Bonchev–Trinajstić information content (AvgIpc) is 3.00. The number of anilines is 1. The number of hydrogen-bond donors (Lipinski definition) is 3. The van der Waals surface area contributed by atoms with Crippen molar-refractivity contribution in [2.45, 2.75) is 6.92 Å². The van der Waals surface area contributed by atoms with E-state index in [1.165, 1.54) is 0 Å². The molecular formula is C15H18N4O2. The highest BCUT2D eigenvalue weighted by molar-refractivity contribution is 5.83. The highest BCUT2D eigenvalue weighted by Crippen LogP contribution is 2.15. The van der Waals surface area contributed by atoms with Gasteiger partial charge in [-0.05, 0) is 43.3 Å². The summed E-state index contributed by atoms with van der Waals surface area (Å²) in [5.74, 6) is 0.592. The molecule has 110 valence electrons. The second kappa shape index (κ2) is 7.74. The Morgan fingerprint density at radius 1 is 1.33 bits per heavy atom. The smallest absolute Gasteiger partial charge is 0.259 e. The Bertz CT molecular complexity index is 576. The second-order valence-electron chi connectivity index (χ2n) is 4.23. The summed E-state index contributed by atoms with van der Waals surface area (Å²) in [6.07, 6.45) is 3.34. The van der Waals surface area contributed by atoms with E-state index in [1.807, 2.05) is 43.3 Å². The molecule has 1 amide bonds. The lowest BCUT2D eigenvalue weighted by Crippen LogP contribution is -2.25. The van der Waals surface area contributed by atoms with E-state index in [0.29, 0.717) is 6.61 Å². The Labute approximate surface area is 123 Å². The first kappa shape index (κ1) is 14.6. The number of aromatic amines is 1. The van der Waals surface area contributed by atoms with Crippen molar-refractivity contribution in [3.05, 3.63) is 48.3 Å². The summed E-state index contributed by atoms with van der Waals surface area (Å²) < 4.78 is 5.35. The Morgan fingerprint density at radius 3 is 2.81 bits per heavy atom. The molecule has 0 aliphatic heterocycles. The molecule has 0 atom stereocenters. The van der Waals surface area contributed by atoms with Crippen molar-refractivity contribution in [3.8, 4) is 5.75 Å². The summed E-state index contributed by atoms with van der Waals surface area (Å²) in [7, 11) is 0.